The third-order valence-corrected chi connectivity index (χ3v) is 3.29. The maximum absolute atomic E-state index is 13.7. The topological polar surface area (TPSA) is 55.2 Å². The molecule has 4 nitrogen and oxygen atoms in total. The van der Waals surface area contributed by atoms with Gasteiger partial charge in [-0.25, -0.2) is 0 Å². The lowest BCUT2D eigenvalue weighted by Gasteiger charge is -2.24. The third-order valence-electron chi connectivity index (χ3n) is 3.29. The number of nitro benzene ring substituents is 1. The van der Waals surface area contributed by atoms with E-state index in [1.54, 1.807) is 0 Å². The number of halogens is 1. The smallest absolute Gasteiger partial charge is 0.304 e. The van der Waals surface area contributed by atoms with Crippen LogP contribution < -0.4 is 5.32 Å². The van der Waals surface area contributed by atoms with Crippen molar-refractivity contribution >= 4 is 11.4 Å². The highest BCUT2D eigenvalue weighted by molar-refractivity contribution is 5.51. The molecule has 0 heterocycles. The first-order chi connectivity index (χ1) is 9.99. The number of nitrogens with zero attached hydrogens (tertiary/aromatic N) is 1. The van der Waals surface area contributed by atoms with Crippen molar-refractivity contribution in [2.75, 3.05) is 5.32 Å². The van der Waals surface area contributed by atoms with Crippen LogP contribution in [0.15, 0.2) is 48.5 Å². The molecule has 1 atom stereocenters. The van der Waals surface area contributed by atoms with Crippen LogP contribution in [0.5, 0.6) is 0 Å². The number of hydrogen-bond donors (Lipinski definition) is 1. The Balaban J connectivity index is 2.26. The van der Waals surface area contributed by atoms with Gasteiger partial charge in [0.25, 0.3) is 0 Å². The maximum atomic E-state index is 13.7. The molecule has 2 rings (SSSR count). The van der Waals surface area contributed by atoms with Crippen LogP contribution in [0.3, 0.4) is 0 Å². The van der Waals surface area contributed by atoms with Gasteiger partial charge in [-0.1, -0.05) is 44.2 Å². The fourth-order valence-corrected chi connectivity index (χ4v) is 2.22. The fraction of sp³-hybridized carbons (Fsp3) is 0.250. The van der Waals surface area contributed by atoms with Gasteiger partial charge in [-0.05, 0) is 17.5 Å². The molecule has 21 heavy (non-hydrogen) atoms. The first kappa shape index (κ1) is 15.0. The number of benzene rings is 2. The van der Waals surface area contributed by atoms with Crippen molar-refractivity contribution in [1.29, 1.82) is 0 Å². The minimum Gasteiger partial charge on any atom is -0.378 e. The Morgan fingerprint density at radius 1 is 1.14 bits per heavy atom. The van der Waals surface area contributed by atoms with Gasteiger partial charge in [-0.3, -0.25) is 10.1 Å². The van der Waals surface area contributed by atoms with E-state index in [0.717, 1.165) is 11.6 Å². The Bertz CT molecular complexity index is 629. The summed E-state index contributed by atoms with van der Waals surface area (Å²) >= 11 is 0. The number of anilines is 1. The minimum atomic E-state index is -0.833. The SMILES string of the molecule is CC(C)C(Nc1ccc([N+](=O)[O-])c(F)c1)c1ccccc1. The van der Waals surface area contributed by atoms with Crippen LogP contribution in [0.2, 0.25) is 0 Å². The van der Waals surface area contributed by atoms with Gasteiger partial charge in [0.1, 0.15) is 0 Å². The predicted octanol–water partition coefficient (Wildman–Crippen LogP) is 4.54. The summed E-state index contributed by atoms with van der Waals surface area (Å²) in [6.07, 6.45) is 0. The summed E-state index contributed by atoms with van der Waals surface area (Å²) in [5.41, 5.74) is 1.10. The molecule has 2 aromatic carbocycles. The molecule has 5 heteroatoms. The number of hydrogen-bond acceptors (Lipinski definition) is 3. The molecule has 0 bridgehead atoms. The number of nitro groups is 1. The first-order valence-corrected chi connectivity index (χ1v) is 6.74. The molecule has 0 saturated heterocycles. The summed E-state index contributed by atoms with van der Waals surface area (Å²) in [6.45, 7) is 4.12. The number of nitrogens with one attached hydrogen (secondary N) is 1. The van der Waals surface area contributed by atoms with Crippen molar-refractivity contribution < 1.29 is 9.31 Å². The Kier molecular flexibility index (Phi) is 4.52. The van der Waals surface area contributed by atoms with Crippen LogP contribution in [-0.2, 0) is 0 Å². The molecule has 0 aliphatic heterocycles. The van der Waals surface area contributed by atoms with Gasteiger partial charge < -0.3 is 5.32 Å². The molecule has 0 spiro atoms. The molecule has 0 fully saturated rings. The summed E-state index contributed by atoms with van der Waals surface area (Å²) in [6, 6.07) is 13.7. The molecule has 0 radical (unpaired) electrons. The number of rotatable bonds is 5. The second kappa shape index (κ2) is 6.35. The van der Waals surface area contributed by atoms with Crippen molar-refractivity contribution in [2.45, 2.75) is 19.9 Å². The Morgan fingerprint density at radius 2 is 1.81 bits per heavy atom. The summed E-state index contributed by atoms with van der Waals surface area (Å²) in [5, 5.41) is 13.9. The minimum absolute atomic E-state index is 0.00653. The summed E-state index contributed by atoms with van der Waals surface area (Å²) < 4.78 is 13.7. The van der Waals surface area contributed by atoms with Crippen molar-refractivity contribution in [3.05, 3.63) is 70.0 Å². The summed E-state index contributed by atoms with van der Waals surface area (Å²) in [5.74, 6) is -0.550. The van der Waals surface area contributed by atoms with E-state index in [9.17, 15) is 14.5 Å². The largest absolute Gasteiger partial charge is 0.378 e. The zero-order valence-corrected chi connectivity index (χ0v) is 11.9. The summed E-state index contributed by atoms with van der Waals surface area (Å²) in [4.78, 5) is 9.90. The van der Waals surface area contributed by atoms with E-state index in [0.29, 0.717) is 5.69 Å². The lowest BCUT2D eigenvalue weighted by Crippen LogP contribution is -2.16. The molecule has 0 aliphatic rings. The standard InChI is InChI=1S/C16H17FN2O2/c1-11(2)16(12-6-4-3-5-7-12)18-13-8-9-15(19(20)21)14(17)10-13/h3-11,16,18H,1-2H3. The highest BCUT2D eigenvalue weighted by atomic mass is 19.1. The molecule has 0 aromatic heterocycles. The normalized spacial score (nSPS) is 12.2. The van der Waals surface area contributed by atoms with Crippen molar-refractivity contribution in [1.82, 2.24) is 0 Å². The molecule has 110 valence electrons. The molecule has 0 amide bonds. The van der Waals surface area contributed by atoms with E-state index in [-0.39, 0.29) is 12.0 Å². The van der Waals surface area contributed by atoms with Crippen LogP contribution in [0.4, 0.5) is 15.8 Å². The molecule has 1 unspecified atom stereocenters. The zero-order chi connectivity index (χ0) is 15.4. The Hall–Kier alpha value is -2.43. The fourth-order valence-electron chi connectivity index (χ4n) is 2.22. The average molecular weight is 288 g/mol. The van der Waals surface area contributed by atoms with E-state index in [4.69, 9.17) is 0 Å². The maximum Gasteiger partial charge on any atom is 0.304 e. The van der Waals surface area contributed by atoms with Gasteiger partial charge in [-0.15, -0.1) is 0 Å². The Morgan fingerprint density at radius 3 is 2.33 bits per heavy atom. The zero-order valence-electron chi connectivity index (χ0n) is 11.9. The van der Waals surface area contributed by atoms with Crippen LogP contribution in [0, 0.1) is 21.8 Å². The predicted molar refractivity (Wildman–Crippen MR) is 80.7 cm³/mol. The Labute approximate surface area is 122 Å². The van der Waals surface area contributed by atoms with Crippen LogP contribution in [0.1, 0.15) is 25.5 Å². The van der Waals surface area contributed by atoms with Crippen LogP contribution in [0.25, 0.3) is 0 Å². The highest BCUT2D eigenvalue weighted by Gasteiger charge is 2.18. The molecular weight excluding hydrogens is 271 g/mol. The molecule has 0 saturated carbocycles. The van der Waals surface area contributed by atoms with Gasteiger partial charge >= 0.3 is 5.69 Å². The second-order valence-corrected chi connectivity index (χ2v) is 5.20. The van der Waals surface area contributed by atoms with Crippen molar-refractivity contribution in [3.63, 3.8) is 0 Å². The van der Waals surface area contributed by atoms with Gasteiger partial charge in [0.05, 0.1) is 11.0 Å². The lowest BCUT2D eigenvalue weighted by atomic mass is 9.96. The van der Waals surface area contributed by atoms with E-state index >= 15 is 0 Å². The van der Waals surface area contributed by atoms with Crippen LogP contribution >= 0.6 is 0 Å². The van der Waals surface area contributed by atoms with Gasteiger partial charge in [0, 0.05) is 17.8 Å². The average Bonchev–Trinajstić information content (AvgIpc) is 2.45. The van der Waals surface area contributed by atoms with Crippen molar-refractivity contribution in [3.8, 4) is 0 Å². The third kappa shape index (κ3) is 3.56. The molecule has 2 aromatic rings. The quantitative estimate of drug-likeness (QED) is 0.649. The van der Waals surface area contributed by atoms with E-state index < -0.39 is 16.4 Å². The van der Waals surface area contributed by atoms with Crippen molar-refractivity contribution in [2.24, 2.45) is 5.92 Å². The first-order valence-electron chi connectivity index (χ1n) is 6.74. The van der Waals surface area contributed by atoms with E-state index in [1.807, 2.05) is 30.3 Å². The second-order valence-electron chi connectivity index (χ2n) is 5.20. The van der Waals surface area contributed by atoms with Crippen LogP contribution in [-0.4, -0.2) is 4.92 Å². The monoisotopic (exact) mass is 288 g/mol. The van der Waals surface area contributed by atoms with Gasteiger partial charge in [0.15, 0.2) is 0 Å². The van der Waals surface area contributed by atoms with Gasteiger partial charge in [-0.2, -0.15) is 4.39 Å². The van der Waals surface area contributed by atoms with E-state index in [1.165, 1.54) is 12.1 Å². The molecule has 0 aliphatic carbocycles. The van der Waals surface area contributed by atoms with E-state index in [2.05, 4.69) is 19.2 Å². The molecule has 1 N–H and O–H groups in total. The van der Waals surface area contributed by atoms with Gasteiger partial charge in [0.2, 0.25) is 5.82 Å². The highest BCUT2D eigenvalue weighted by Crippen LogP contribution is 2.28. The lowest BCUT2D eigenvalue weighted by molar-refractivity contribution is -0.387. The summed E-state index contributed by atoms with van der Waals surface area (Å²) in [7, 11) is 0. The molecular formula is C16H17FN2O2.